The Morgan fingerprint density at radius 1 is 1.22 bits per heavy atom. The number of carbonyl (C=O) groups is 1. The van der Waals surface area contributed by atoms with Gasteiger partial charge in [0.15, 0.2) is 0 Å². The van der Waals surface area contributed by atoms with Crippen LogP contribution in [0.2, 0.25) is 0 Å². The maximum absolute atomic E-state index is 10.6. The number of carboxylic acid groups (broad SMARTS) is 1. The fourth-order valence-electron chi connectivity index (χ4n) is 1.17. The number of hydroxylamine groups is 1. The number of carboxylic acids is 1. The molecule has 0 aliphatic carbocycles. The second-order valence-corrected chi connectivity index (χ2v) is 3.41. The van der Waals surface area contributed by atoms with E-state index in [4.69, 9.17) is 19.4 Å². The van der Waals surface area contributed by atoms with Crippen LogP contribution in [0.5, 0.6) is 5.75 Å². The monoisotopic (exact) mass is 255 g/mol. The van der Waals surface area contributed by atoms with Crippen LogP contribution in [0.25, 0.3) is 0 Å². The molecule has 0 atom stereocenters. The Hall–Kier alpha value is -1.63. The van der Waals surface area contributed by atoms with E-state index in [9.17, 15) is 4.79 Å². The van der Waals surface area contributed by atoms with E-state index in [1.165, 1.54) is 12.1 Å². The molecule has 2 N–H and O–H groups in total. The predicted octanol–water partition coefficient (Wildman–Crippen LogP) is 0.931. The molecular formula is C12H17NO5. The number of rotatable bonds is 9. The van der Waals surface area contributed by atoms with Crippen LogP contribution in [-0.4, -0.2) is 44.6 Å². The molecule has 0 fully saturated rings. The molecule has 0 aromatic heterocycles. The van der Waals surface area contributed by atoms with Crippen LogP contribution in [0.15, 0.2) is 24.3 Å². The van der Waals surface area contributed by atoms with Crippen molar-refractivity contribution in [3.8, 4) is 5.75 Å². The lowest BCUT2D eigenvalue weighted by atomic mass is 10.2. The van der Waals surface area contributed by atoms with Gasteiger partial charge in [-0.15, -0.1) is 0 Å². The van der Waals surface area contributed by atoms with Crippen LogP contribution in [0.1, 0.15) is 10.4 Å². The fraction of sp³-hybridized carbons (Fsp3) is 0.417. The molecule has 0 saturated carbocycles. The van der Waals surface area contributed by atoms with Crippen molar-refractivity contribution >= 4 is 5.97 Å². The third-order valence-corrected chi connectivity index (χ3v) is 2.07. The zero-order valence-corrected chi connectivity index (χ0v) is 10.2. The van der Waals surface area contributed by atoms with Crippen LogP contribution in [0.3, 0.4) is 0 Å². The second-order valence-electron chi connectivity index (χ2n) is 3.41. The van der Waals surface area contributed by atoms with Crippen LogP contribution in [-0.2, 0) is 9.57 Å². The molecule has 1 rings (SSSR count). The number of methoxy groups -OCH3 is 1. The predicted molar refractivity (Wildman–Crippen MR) is 64.7 cm³/mol. The van der Waals surface area contributed by atoms with Crippen LogP contribution < -0.4 is 10.2 Å². The average Bonchev–Trinajstić information content (AvgIpc) is 2.38. The molecule has 0 amide bonds. The summed E-state index contributed by atoms with van der Waals surface area (Å²) in [5.74, 6) is -0.326. The van der Waals surface area contributed by atoms with Crippen molar-refractivity contribution in [2.75, 3.05) is 33.5 Å². The molecule has 0 saturated heterocycles. The van der Waals surface area contributed by atoms with E-state index >= 15 is 0 Å². The Bertz CT molecular complexity index is 352. The second kappa shape index (κ2) is 8.46. The Balaban J connectivity index is 2.14. The fourth-order valence-corrected chi connectivity index (χ4v) is 1.17. The summed E-state index contributed by atoms with van der Waals surface area (Å²) >= 11 is 0. The third kappa shape index (κ3) is 5.62. The standard InChI is InChI=1S/C12H17NO5/c1-16-8-9-18-13-6-7-17-11-4-2-10(3-5-11)12(14)15/h2-5,13H,6-9H2,1H3,(H,14,15). The number of nitrogens with one attached hydrogen (secondary N) is 1. The quantitative estimate of drug-likeness (QED) is 0.505. The summed E-state index contributed by atoms with van der Waals surface area (Å²) in [5.41, 5.74) is 2.96. The van der Waals surface area contributed by atoms with E-state index in [0.717, 1.165) is 0 Å². The van der Waals surface area contributed by atoms with Crippen molar-refractivity contribution in [3.63, 3.8) is 0 Å². The van der Waals surface area contributed by atoms with Gasteiger partial charge in [0.05, 0.1) is 25.3 Å². The first kappa shape index (κ1) is 14.4. The number of ether oxygens (including phenoxy) is 2. The van der Waals surface area contributed by atoms with E-state index in [2.05, 4.69) is 5.48 Å². The SMILES string of the molecule is COCCONCCOc1ccc(C(=O)O)cc1. The number of hydrogen-bond donors (Lipinski definition) is 2. The van der Waals surface area contributed by atoms with Gasteiger partial charge in [-0.1, -0.05) is 0 Å². The normalized spacial score (nSPS) is 10.3. The summed E-state index contributed by atoms with van der Waals surface area (Å²) < 4.78 is 10.2. The largest absolute Gasteiger partial charge is 0.492 e. The molecule has 100 valence electrons. The van der Waals surface area contributed by atoms with Crippen molar-refractivity contribution in [2.45, 2.75) is 0 Å². The molecule has 6 nitrogen and oxygen atoms in total. The van der Waals surface area contributed by atoms with Crippen LogP contribution >= 0.6 is 0 Å². The molecule has 1 aromatic rings. The lowest BCUT2D eigenvalue weighted by Crippen LogP contribution is -2.23. The zero-order valence-electron chi connectivity index (χ0n) is 10.2. The summed E-state index contributed by atoms with van der Waals surface area (Å²) in [6, 6.07) is 6.24. The molecule has 1 aromatic carbocycles. The van der Waals surface area contributed by atoms with E-state index in [0.29, 0.717) is 32.1 Å². The number of benzene rings is 1. The topological polar surface area (TPSA) is 77.0 Å². The first-order valence-electron chi connectivity index (χ1n) is 5.54. The number of hydrogen-bond acceptors (Lipinski definition) is 5. The van der Waals surface area contributed by atoms with E-state index < -0.39 is 5.97 Å². The number of aromatic carboxylic acids is 1. The smallest absolute Gasteiger partial charge is 0.335 e. The molecular weight excluding hydrogens is 238 g/mol. The maximum Gasteiger partial charge on any atom is 0.335 e. The highest BCUT2D eigenvalue weighted by molar-refractivity contribution is 5.87. The summed E-state index contributed by atoms with van der Waals surface area (Å²) in [7, 11) is 1.60. The molecule has 0 aliphatic rings. The van der Waals surface area contributed by atoms with Gasteiger partial charge in [-0.2, -0.15) is 5.48 Å². The molecule has 0 bridgehead atoms. The van der Waals surface area contributed by atoms with Crippen molar-refractivity contribution in [1.29, 1.82) is 0 Å². The van der Waals surface area contributed by atoms with Gasteiger partial charge in [-0.05, 0) is 24.3 Å². The molecule has 18 heavy (non-hydrogen) atoms. The van der Waals surface area contributed by atoms with Gasteiger partial charge < -0.3 is 14.6 Å². The molecule has 0 spiro atoms. The highest BCUT2D eigenvalue weighted by Crippen LogP contribution is 2.11. The van der Waals surface area contributed by atoms with E-state index in [-0.39, 0.29) is 5.56 Å². The lowest BCUT2D eigenvalue weighted by molar-refractivity contribution is 0.00257. The summed E-state index contributed by atoms with van der Waals surface area (Å²) in [4.78, 5) is 15.7. The van der Waals surface area contributed by atoms with Crippen molar-refractivity contribution in [3.05, 3.63) is 29.8 Å². The van der Waals surface area contributed by atoms with Gasteiger partial charge in [0, 0.05) is 7.11 Å². The Kier molecular flexibility index (Phi) is 6.78. The highest BCUT2D eigenvalue weighted by Gasteiger charge is 2.01. The Morgan fingerprint density at radius 3 is 2.56 bits per heavy atom. The molecule has 0 aliphatic heterocycles. The zero-order chi connectivity index (χ0) is 13.2. The minimum atomic E-state index is -0.949. The first-order valence-corrected chi connectivity index (χ1v) is 5.54. The van der Waals surface area contributed by atoms with E-state index in [1.807, 2.05) is 0 Å². The van der Waals surface area contributed by atoms with Crippen LogP contribution in [0, 0.1) is 0 Å². The van der Waals surface area contributed by atoms with Crippen molar-refractivity contribution in [2.24, 2.45) is 0 Å². The minimum absolute atomic E-state index is 0.239. The molecule has 0 unspecified atom stereocenters. The summed E-state index contributed by atoms with van der Waals surface area (Å²) in [6.45, 7) is 1.97. The average molecular weight is 255 g/mol. The van der Waals surface area contributed by atoms with Gasteiger partial charge in [0.2, 0.25) is 0 Å². The minimum Gasteiger partial charge on any atom is -0.492 e. The first-order chi connectivity index (χ1) is 8.74. The Morgan fingerprint density at radius 2 is 1.94 bits per heavy atom. The van der Waals surface area contributed by atoms with Gasteiger partial charge in [-0.3, -0.25) is 4.84 Å². The summed E-state index contributed by atoms with van der Waals surface area (Å²) in [5, 5.41) is 8.72. The van der Waals surface area contributed by atoms with Gasteiger partial charge in [-0.25, -0.2) is 4.79 Å². The van der Waals surface area contributed by atoms with Gasteiger partial charge in [0.25, 0.3) is 0 Å². The van der Waals surface area contributed by atoms with Gasteiger partial charge in [0.1, 0.15) is 12.4 Å². The lowest BCUT2D eigenvalue weighted by Gasteiger charge is -2.07. The third-order valence-electron chi connectivity index (χ3n) is 2.07. The molecule has 0 heterocycles. The van der Waals surface area contributed by atoms with Crippen LogP contribution in [0.4, 0.5) is 0 Å². The van der Waals surface area contributed by atoms with Crippen molar-refractivity contribution < 1.29 is 24.2 Å². The van der Waals surface area contributed by atoms with Gasteiger partial charge >= 0.3 is 5.97 Å². The van der Waals surface area contributed by atoms with E-state index in [1.54, 1.807) is 19.2 Å². The van der Waals surface area contributed by atoms with Crippen molar-refractivity contribution in [1.82, 2.24) is 5.48 Å². The molecule has 6 heteroatoms. The highest BCUT2D eigenvalue weighted by atomic mass is 16.7. The summed E-state index contributed by atoms with van der Waals surface area (Å²) in [6.07, 6.45) is 0. The Labute approximate surface area is 105 Å². The molecule has 0 radical (unpaired) electrons. The maximum atomic E-state index is 10.6.